The number of hydrogen-bond acceptors (Lipinski definition) is 4. The fraction of sp³-hybridized carbons (Fsp3) is 0. The molecule has 4 heterocycles. The molecule has 0 N–H and O–H groups in total. The molecule has 5 nitrogen and oxygen atoms in total. The van der Waals surface area contributed by atoms with E-state index in [0.717, 1.165) is 77.7 Å². The van der Waals surface area contributed by atoms with E-state index in [4.69, 9.17) is 19.9 Å². The highest BCUT2D eigenvalue weighted by Gasteiger charge is 2.17. The maximum Gasteiger partial charge on any atom is 0.160 e. The van der Waals surface area contributed by atoms with Crippen molar-refractivity contribution in [3.63, 3.8) is 0 Å². The van der Waals surface area contributed by atoms with Crippen molar-refractivity contribution < 1.29 is 0 Å². The van der Waals surface area contributed by atoms with Crippen molar-refractivity contribution in [1.82, 2.24) is 24.3 Å². The molecule has 0 fully saturated rings. The minimum absolute atomic E-state index is 0.692. The van der Waals surface area contributed by atoms with Gasteiger partial charge in [0.2, 0.25) is 0 Å². The quantitative estimate of drug-likeness (QED) is 0.186. The molecule has 0 aliphatic carbocycles. The summed E-state index contributed by atoms with van der Waals surface area (Å²) < 4.78 is 2.14. The van der Waals surface area contributed by atoms with E-state index in [1.807, 2.05) is 48.5 Å². The zero-order chi connectivity index (χ0) is 33.7. The molecule has 238 valence electrons. The fourth-order valence-corrected chi connectivity index (χ4v) is 7.12. The highest BCUT2D eigenvalue weighted by atomic mass is 15.0. The fourth-order valence-electron chi connectivity index (χ4n) is 7.12. The van der Waals surface area contributed by atoms with Gasteiger partial charge in [-0.25, -0.2) is 19.9 Å². The maximum atomic E-state index is 5.21. The molecule has 0 atom stereocenters. The van der Waals surface area contributed by atoms with Gasteiger partial charge in [-0.1, -0.05) is 133 Å². The highest BCUT2D eigenvalue weighted by Crippen LogP contribution is 2.36. The Morgan fingerprint density at radius 2 is 0.941 bits per heavy atom. The van der Waals surface area contributed by atoms with Gasteiger partial charge in [0.15, 0.2) is 5.82 Å². The number of benzene rings is 6. The summed E-state index contributed by atoms with van der Waals surface area (Å²) in [4.78, 5) is 20.5. The molecule has 5 heteroatoms. The predicted octanol–water partition coefficient (Wildman–Crippen LogP) is 11.3. The molecule has 0 saturated carbocycles. The zero-order valence-corrected chi connectivity index (χ0v) is 27.5. The second-order valence-corrected chi connectivity index (χ2v) is 12.7. The molecule has 0 aliphatic rings. The van der Waals surface area contributed by atoms with E-state index in [1.54, 1.807) is 0 Å². The summed E-state index contributed by atoms with van der Waals surface area (Å²) in [5.41, 5.74) is 14.1. The first-order valence-electron chi connectivity index (χ1n) is 17.1. The van der Waals surface area contributed by atoms with Crippen molar-refractivity contribution >= 4 is 38.5 Å². The number of nitrogens with zero attached hydrogens (tertiary/aromatic N) is 5. The van der Waals surface area contributed by atoms with E-state index in [1.165, 1.54) is 11.1 Å². The Hall–Kier alpha value is -6.98. The molecule has 6 aromatic carbocycles. The van der Waals surface area contributed by atoms with Crippen LogP contribution in [0.1, 0.15) is 0 Å². The van der Waals surface area contributed by atoms with Crippen LogP contribution in [0.4, 0.5) is 0 Å². The minimum Gasteiger partial charge on any atom is -0.298 e. The molecule has 10 aromatic rings. The van der Waals surface area contributed by atoms with Crippen LogP contribution in [0.3, 0.4) is 0 Å². The van der Waals surface area contributed by atoms with Crippen LogP contribution in [-0.2, 0) is 0 Å². The molecular weight excluding hydrogens is 623 g/mol. The number of hydrogen-bond donors (Lipinski definition) is 0. The Morgan fingerprint density at radius 3 is 1.75 bits per heavy atom. The zero-order valence-electron chi connectivity index (χ0n) is 27.5. The van der Waals surface area contributed by atoms with Crippen molar-refractivity contribution in [3.05, 3.63) is 176 Å². The lowest BCUT2D eigenvalue weighted by Gasteiger charge is -2.12. The second-order valence-electron chi connectivity index (χ2n) is 12.7. The van der Waals surface area contributed by atoms with E-state index in [2.05, 4.69) is 132 Å². The Balaban J connectivity index is 1.08. The molecule has 0 saturated heterocycles. The maximum absolute atomic E-state index is 5.21. The molecule has 0 unspecified atom stereocenters. The largest absolute Gasteiger partial charge is 0.298 e. The number of para-hydroxylation sites is 2. The van der Waals surface area contributed by atoms with Crippen LogP contribution in [0.2, 0.25) is 0 Å². The van der Waals surface area contributed by atoms with Crippen LogP contribution in [-0.4, -0.2) is 24.3 Å². The lowest BCUT2D eigenvalue weighted by Crippen LogP contribution is -1.95. The average molecular weight is 652 g/mol. The van der Waals surface area contributed by atoms with E-state index >= 15 is 0 Å². The van der Waals surface area contributed by atoms with E-state index in [9.17, 15) is 0 Å². The van der Waals surface area contributed by atoms with Crippen LogP contribution in [0.5, 0.6) is 0 Å². The summed E-state index contributed by atoms with van der Waals surface area (Å²) in [5.74, 6) is 0.692. The molecule has 0 spiro atoms. The van der Waals surface area contributed by atoms with Gasteiger partial charge in [-0.3, -0.25) is 4.40 Å². The summed E-state index contributed by atoms with van der Waals surface area (Å²) in [6.07, 6.45) is 2.06. The first-order chi connectivity index (χ1) is 25.3. The SMILES string of the molecule is c1ccc(-c2ccc(-c3nc(-c4cccc(-c5cccc(-c6nc7ccccc7c7nc8ccccn8c67)c5)c4)nc4ccccc34)cc2)cc1. The smallest absolute Gasteiger partial charge is 0.160 e. The lowest BCUT2D eigenvalue weighted by molar-refractivity contribution is 1.22. The third kappa shape index (κ3) is 5.03. The van der Waals surface area contributed by atoms with Crippen molar-refractivity contribution in [2.45, 2.75) is 0 Å². The van der Waals surface area contributed by atoms with Gasteiger partial charge in [-0.2, -0.15) is 0 Å². The molecule has 0 radical (unpaired) electrons. The van der Waals surface area contributed by atoms with E-state index < -0.39 is 0 Å². The highest BCUT2D eigenvalue weighted by molar-refractivity contribution is 6.09. The second kappa shape index (κ2) is 11.9. The summed E-state index contributed by atoms with van der Waals surface area (Å²) in [6, 6.07) is 58.8. The molecular formula is C46H29N5. The molecule has 4 aromatic heterocycles. The third-order valence-electron chi connectivity index (χ3n) is 9.60. The molecule has 51 heavy (non-hydrogen) atoms. The monoisotopic (exact) mass is 651 g/mol. The number of imidazole rings is 1. The van der Waals surface area contributed by atoms with Crippen molar-refractivity contribution in [1.29, 1.82) is 0 Å². The van der Waals surface area contributed by atoms with Crippen LogP contribution in [0, 0.1) is 0 Å². The van der Waals surface area contributed by atoms with Gasteiger partial charge < -0.3 is 0 Å². The Labute approximate surface area is 294 Å². The standard InChI is InChI=1S/C46H29N5/c1-2-12-30(13-3-1)31-23-25-32(26-24-31)42-37-18-4-7-21-40(37)48-46(50-42)36-17-11-15-34(29-36)33-14-10-16-35(28-33)43-45-44(38-19-5-6-20-39(38)47-43)49-41-22-8-9-27-51(41)45/h1-29H. The Bertz CT molecular complexity index is 2910. The van der Waals surface area contributed by atoms with Gasteiger partial charge in [0.1, 0.15) is 11.2 Å². The van der Waals surface area contributed by atoms with Gasteiger partial charge >= 0.3 is 0 Å². The van der Waals surface area contributed by atoms with Gasteiger partial charge in [-0.15, -0.1) is 0 Å². The summed E-state index contributed by atoms with van der Waals surface area (Å²) in [6.45, 7) is 0. The molecule has 0 bridgehead atoms. The van der Waals surface area contributed by atoms with E-state index in [0.29, 0.717) is 5.82 Å². The van der Waals surface area contributed by atoms with Gasteiger partial charge in [0.25, 0.3) is 0 Å². The summed E-state index contributed by atoms with van der Waals surface area (Å²) in [7, 11) is 0. The van der Waals surface area contributed by atoms with Gasteiger partial charge in [0.05, 0.1) is 27.9 Å². The number of fused-ring (bicyclic) bond motifs is 6. The van der Waals surface area contributed by atoms with Crippen molar-refractivity contribution in [2.75, 3.05) is 0 Å². The third-order valence-corrected chi connectivity index (χ3v) is 9.60. The molecule has 0 aliphatic heterocycles. The number of pyridine rings is 2. The predicted molar refractivity (Wildman–Crippen MR) is 208 cm³/mol. The van der Waals surface area contributed by atoms with Crippen LogP contribution in [0.25, 0.3) is 94.6 Å². The van der Waals surface area contributed by atoms with Gasteiger partial charge in [0, 0.05) is 33.7 Å². The Kier molecular flexibility index (Phi) is 6.74. The van der Waals surface area contributed by atoms with Crippen LogP contribution >= 0.6 is 0 Å². The first kappa shape index (κ1) is 29.0. The normalized spacial score (nSPS) is 11.5. The van der Waals surface area contributed by atoms with Crippen molar-refractivity contribution in [3.8, 4) is 56.2 Å². The van der Waals surface area contributed by atoms with Gasteiger partial charge in [-0.05, 0) is 58.7 Å². The number of rotatable bonds is 5. The molecule has 0 amide bonds. The summed E-state index contributed by atoms with van der Waals surface area (Å²) in [5, 5.41) is 2.07. The first-order valence-corrected chi connectivity index (χ1v) is 17.1. The van der Waals surface area contributed by atoms with E-state index in [-0.39, 0.29) is 0 Å². The topological polar surface area (TPSA) is 56.0 Å². The average Bonchev–Trinajstić information content (AvgIpc) is 3.61. The number of aromatic nitrogens is 5. The summed E-state index contributed by atoms with van der Waals surface area (Å²) >= 11 is 0. The van der Waals surface area contributed by atoms with Crippen LogP contribution in [0.15, 0.2) is 176 Å². The van der Waals surface area contributed by atoms with Crippen LogP contribution < -0.4 is 0 Å². The Morgan fingerprint density at radius 1 is 0.353 bits per heavy atom. The van der Waals surface area contributed by atoms with Crippen molar-refractivity contribution in [2.24, 2.45) is 0 Å². The minimum atomic E-state index is 0.692. The molecule has 10 rings (SSSR count). The lowest BCUT2D eigenvalue weighted by atomic mass is 9.98.